The Morgan fingerprint density at radius 1 is 1.45 bits per heavy atom. The summed E-state index contributed by atoms with van der Waals surface area (Å²) in [6, 6.07) is 0. The highest BCUT2D eigenvalue weighted by Gasteiger charge is 2.10. The van der Waals surface area contributed by atoms with Crippen LogP contribution in [0.25, 0.3) is 0 Å². The van der Waals surface area contributed by atoms with Crippen LogP contribution in [0, 0.1) is 11.8 Å². The minimum absolute atomic E-state index is 0.668. The van der Waals surface area contributed by atoms with E-state index in [0.29, 0.717) is 5.92 Å². The average molecular weight is 150 g/mol. The van der Waals surface area contributed by atoms with Crippen LogP contribution in [0.4, 0.5) is 0 Å². The lowest BCUT2D eigenvalue weighted by Crippen LogP contribution is -2.04. The Morgan fingerprint density at radius 3 is 2.55 bits per heavy atom. The van der Waals surface area contributed by atoms with E-state index in [9.17, 15) is 0 Å². The van der Waals surface area contributed by atoms with Crippen LogP contribution in [0.3, 0.4) is 0 Å². The van der Waals surface area contributed by atoms with Crippen molar-refractivity contribution in [1.29, 1.82) is 0 Å². The fraction of sp³-hybridized carbons (Fsp3) is 0.636. The van der Waals surface area contributed by atoms with Crippen LogP contribution < -0.4 is 0 Å². The molecule has 1 unspecified atom stereocenters. The molecule has 0 amide bonds. The van der Waals surface area contributed by atoms with E-state index in [2.05, 4.69) is 39.8 Å². The Morgan fingerprint density at radius 2 is 2.09 bits per heavy atom. The van der Waals surface area contributed by atoms with Gasteiger partial charge >= 0.3 is 0 Å². The average Bonchev–Trinajstić information content (AvgIpc) is 1.94. The molecule has 1 atom stereocenters. The van der Waals surface area contributed by atoms with Crippen molar-refractivity contribution in [3.8, 4) is 0 Å². The van der Waals surface area contributed by atoms with Gasteiger partial charge < -0.3 is 0 Å². The molecule has 0 heterocycles. The van der Waals surface area contributed by atoms with Crippen LogP contribution in [0.15, 0.2) is 23.3 Å². The maximum Gasteiger partial charge on any atom is -0.00514 e. The third kappa shape index (κ3) is 1.95. The van der Waals surface area contributed by atoms with Crippen molar-refractivity contribution >= 4 is 0 Å². The lowest BCUT2D eigenvalue weighted by atomic mass is 9.87. The maximum atomic E-state index is 2.42. The highest BCUT2D eigenvalue weighted by Crippen LogP contribution is 2.26. The van der Waals surface area contributed by atoms with Gasteiger partial charge in [-0.3, -0.25) is 0 Å². The smallest absolute Gasteiger partial charge is 0.00514 e. The van der Waals surface area contributed by atoms with Crippen molar-refractivity contribution in [3.63, 3.8) is 0 Å². The van der Waals surface area contributed by atoms with E-state index in [-0.39, 0.29) is 0 Å². The molecule has 0 bridgehead atoms. The molecule has 0 aromatic carbocycles. The fourth-order valence-electron chi connectivity index (χ4n) is 1.41. The summed E-state index contributed by atoms with van der Waals surface area (Å²) in [5.41, 5.74) is 3.12. The normalized spacial score (nSPS) is 25.0. The minimum atomic E-state index is 0.668. The SMILES string of the molecule is CC1=CCC(C(C)C)=CC1C. The third-order valence-electron chi connectivity index (χ3n) is 2.58. The highest BCUT2D eigenvalue weighted by molar-refractivity contribution is 5.24. The quantitative estimate of drug-likeness (QED) is 0.501. The first-order valence-electron chi connectivity index (χ1n) is 4.48. The van der Waals surface area contributed by atoms with Crippen LogP contribution >= 0.6 is 0 Å². The first-order chi connectivity index (χ1) is 5.11. The van der Waals surface area contributed by atoms with E-state index in [1.54, 1.807) is 5.57 Å². The molecule has 0 N–H and O–H groups in total. The molecule has 1 aliphatic rings. The molecule has 0 nitrogen and oxygen atoms in total. The highest BCUT2D eigenvalue weighted by atomic mass is 14.2. The van der Waals surface area contributed by atoms with Gasteiger partial charge in [0.15, 0.2) is 0 Å². The predicted octanol–water partition coefficient (Wildman–Crippen LogP) is 3.55. The van der Waals surface area contributed by atoms with Crippen LogP contribution in [-0.4, -0.2) is 0 Å². The Kier molecular flexibility index (Phi) is 2.53. The minimum Gasteiger partial charge on any atom is -0.0810 e. The molecule has 0 aromatic heterocycles. The summed E-state index contributed by atoms with van der Waals surface area (Å²) in [5.74, 6) is 1.39. The first-order valence-corrected chi connectivity index (χ1v) is 4.48. The number of hydrogen-bond donors (Lipinski definition) is 0. The summed E-state index contributed by atoms with van der Waals surface area (Å²) in [6.07, 6.45) is 5.95. The molecule has 62 valence electrons. The van der Waals surface area contributed by atoms with Gasteiger partial charge in [-0.2, -0.15) is 0 Å². The molecule has 0 heteroatoms. The van der Waals surface area contributed by atoms with Crippen molar-refractivity contribution in [2.45, 2.75) is 34.1 Å². The van der Waals surface area contributed by atoms with Crippen molar-refractivity contribution in [3.05, 3.63) is 23.3 Å². The third-order valence-corrected chi connectivity index (χ3v) is 2.58. The van der Waals surface area contributed by atoms with Gasteiger partial charge in [0, 0.05) is 0 Å². The maximum absolute atomic E-state index is 2.42. The largest absolute Gasteiger partial charge is 0.0810 e. The molecular formula is C11H18. The zero-order chi connectivity index (χ0) is 8.43. The lowest BCUT2D eigenvalue weighted by Gasteiger charge is -2.19. The topological polar surface area (TPSA) is 0 Å². The number of allylic oxidation sites excluding steroid dienone is 4. The van der Waals surface area contributed by atoms with Crippen LogP contribution in [0.1, 0.15) is 34.1 Å². The van der Waals surface area contributed by atoms with E-state index < -0.39 is 0 Å². The standard InChI is InChI=1S/C11H18/c1-8(2)11-6-5-9(3)10(4)7-11/h5,7-8,10H,6H2,1-4H3. The predicted molar refractivity (Wildman–Crippen MR) is 50.5 cm³/mol. The molecular weight excluding hydrogens is 132 g/mol. The second-order valence-corrected chi connectivity index (χ2v) is 3.84. The molecule has 0 aromatic rings. The van der Waals surface area contributed by atoms with Gasteiger partial charge in [0.25, 0.3) is 0 Å². The summed E-state index contributed by atoms with van der Waals surface area (Å²) >= 11 is 0. The van der Waals surface area contributed by atoms with Crippen molar-refractivity contribution < 1.29 is 0 Å². The summed E-state index contributed by atoms with van der Waals surface area (Å²) in [7, 11) is 0. The summed E-state index contributed by atoms with van der Waals surface area (Å²) in [6.45, 7) is 9.03. The molecule has 11 heavy (non-hydrogen) atoms. The van der Waals surface area contributed by atoms with Gasteiger partial charge in [-0.25, -0.2) is 0 Å². The summed E-state index contributed by atoms with van der Waals surface area (Å²) in [5, 5.41) is 0. The molecule has 0 spiro atoms. The van der Waals surface area contributed by atoms with E-state index in [0.717, 1.165) is 5.92 Å². The molecule has 0 radical (unpaired) electrons. The van der Waals surface area contributed by atoms with Gasteiger partial charge in [-0.05, 0) is 25.2 Å². The lowest BCUT2D eigenvalue weighted by molar-refractivity contribution is 0.699. The Balaban J connectivity index is 2.69. The van der Waals surface area contributed by atoms with Crippen LogP contribution in [0.2, 0.25) is 0 Å². The molecule has 0 aliphatic heterocycles. The van der Waals surface area contributed by atoms with Crippen LogP contribution in [-0.2, 0) is 0 Å². The summed E-state index contributed by atoms with van der Waals surface area (Å²) < 4.78 is 0. The Hall–Kier alpha value is -0.520. The Bertz CT molecular complexity index is 194. The van der Waals surface area contributed by atoms with Gasteiger partial charge in [0.2, 0.25) is 0 Å². The van der Waals surface area contributed by atoms with Gasteiger partial charge in [-0.15, -0.1) is 0 Å². The fourth-order valence-corrected chi connectivity index (χ4v) is 1.41. The van der Waals surface area contributed by atoms with E-state index in [1.807, 2.05) is 0 Å². The summed E-state index contributed by atoms with van der Waals surface area (Å²) in [4.78, 5) is 0. The van der Waals surface area contributed by atoms with Gasteiger partial charge in [0.1, 0.15) is 0 Å². The van der Waals surface area contributed by atoms with Crippen LogP contribution in [0.5, 0.6) is 0 Å². The molecule has 0 saturated heterocycles. The zero-order valence-corrected chi connectivity index (χ0v) is 8.02. The van der Waals surface area contributed by atoms with E-state index >= 15 is 0 Å². The zero-order valence-electron chi connectivity index (χ0n) is 8.02. The molecule has 0 saturated carbocycles. The van der Waals surface area contributed by atoms with Gasteiger partial charge in [0.05, 0.1) is 0 Å². The second kappa shape index (κ2) is 3.25. The second-order valence-electron chi connectivity index (χ2n) is 3.84. The van der Waals surface area contributed by atoms with E-state index in [1.165, 1.54) is 12.0 Å². The molecule has 1 rings (SSSR count). The van der Waals surface area contributed by atoms with Crippen molar-refractivity contribution in [2.75, 3.05) is 0 Å². The van der Waals surface area contributed by atoms with Gasteiger partial charge in [-0.1, -0.05) is 44.1 Å². The first kappa shape index (κ1) is 8.58. The van der Waals surface area contributed by atoms with Crippen molar-refractivity contribution in [2.24, 2.45) is 11.8 Å². The Labute approximate surface area is 70.0 Å². The molecule has 0 fully saturated rings. The number of hydrogen-bond acceptors (Lipinski definition) is 0. The monoisotopic (exact) mass is 150 g/mol. The molecule has 1 aliphatic carbocycles. The van der Waals surface area contributed by atoms with Crippen molar-refractivity contribution in [1.82, 2.24) is 0 Å². The van der Waals surface area contributed by atoms with E-state index in [4.69, 9.17) is 0 Å². The number of rotatable bonds is 1.